The number of hydrogen-bond donors (Lipinski definition) is 1. The highest BCUT2D eigenvalue weighted by molar-refractivity contribution is 5.26. The Hall–Kier alpha value is -1.00. The molecule has 0 radical (unpaired) electrons. The third kappa shape index (κ3) is 4.75. The summed E-state index contributed by atoms with van der Waals surface area (Å²) >= 11 is 0. The van der Waals surface area contributed by atoms with Gasteiger partial charge in [0.1, 0.15) is 5.60 Å². The number of aryl methyl sites for hydroxylation is 2. The van der Waals surface area contributed by atoms with Gasteiger partial charge in [-0.3, -0.25) is 0 Å². The maximum Gasteiger partial charge on any atom is 0.160 e. The molecular formula is C17H31N3O. The van der Waals surface area contributed by atoms with Crippen LogP contribution in [0.25, 0.3) is 0 Å². The molecule has 0 amide bonds. The monoisotopic (exact) mass is 293 g/mol. The number of hydrogen-bond acceptors (Lipinski definition) is 4. The average molecular weight is 293 g/mol. The second-order valence-corrected chi connectivity index (χ2v) is 5.71. The second kappa shape index (κ2) is 8.44. The van der Waals surface area contributed by atoms with E-state index in [0.717, 1.165) is 49.6 Å². The summed E-state index contributed by atoms with van der Waals surface area (Å²) in [6.07, 6.45) is 3.02. The fraction of sp³-hybridized carbons (Fsp3) is 0.765. The van der Waals surface area contributed by atoms with E-state index in [1.165, 1.54) is 5.56 Å². The van der Waals surface area contributed by atoms with Gasteiger partial charge in [-0.1, -0.05) is 13.8 Å². The molecule has 1 aromatic rings. The number of rotatable bonds is 9. The van der Waals surface area contributed by atoms with E-state index >= 15 is 0 Å². The first kappa shape index (κ1) is 18.1. The Morgan fingerprint density at radius 1 is 1.05 bits per heavy atom. The minimum atomic E-state index is -0.386. The van der Waals surface area contributed by atoms with Gasteiger partial charge in [-0.2, -0.15) is 0 Å². The van der Waals surface area contributed by atoms with E-state index in [0.29, 0.717) is 6.61 Å². The van der Waals surface area contributed by atoms with E-state index in [1.54, 1.807) is 0 Å². The molecule has 1 heterocycles. The van der Waals surface area contributed by atoms with E-state index in [4.69, 9.17) is 14.7 Å². The van der Waals surface area contributed by atoms with Crippen molar-refractivity contribution in [2.75, 3.05) is 19.7 Å². The lowest BCUT2D eigenvalue weighted by molar-refractivity contribution is -0.0393. The van der Waals surface area contributed by atoms with Crippen molar-refractivity contribution in [2.45, 2.75) is 66.4 Å². The van der Waals surface area contributed by atoms with E-state index < -0.39 is 0 Å². The van der Waals surface area contributed by atoms with Crippen molar-refractivity contribution in [3.63, 3.8) is 0 Å². The van der Waals surface area contributed by atoms with Crippen LogP contribution in [0.2, 0.25) is 0 Å². The van der Waals surface area contributed by atoms with Crippen molar-refractivity contribution in [1.29, 1.82) is 0 Å². The van der Waals surface area contributed by atoms with Crippen molar-refractivity contribution in [3.8, 4) is 0 Å². The zero-order chi connectivity index (χ0) is 15.9. The maximum atomic E-state index is 5.89. The van der Waals surface area contributed by atoms with Crippen LogP contribution in [0, 0.1) is 13.8 Å². The molecule has 21 heavy (non-hydrogen) atoms. The van der Waals surface area contributed by atoms with Crippen LogP contribution in [0.1, 0.15) is 63.3 Å². The zero-order valence-corrected chi connectivity index (χ0v) is 14.5. The normalized spacial score (nSPS) is 14.2. The summed E-state index contributed by atoms with van der Waals surface area (Å²) in [5.41, 5.74) is 3.03. The van der Waals surface area contributed by atoms with Gasteiger partial charge in [-0.25, -0.2) is 9.97 Å². The molecule has 0 aliphatic heterocycles. The van der Waals surface area contributed by atoms with Gasteiger partial charge in [0.05, 0.1) is 0 Å². The Kier molecular flexibility index (Phi) is 7.26. The van der Waals surface area contributed by atoms with E-state index in [-0.39, 0.29) is 5.60 Å². The van der Waals surface area contributed by atoms with Crippen LogP contribution in [0.3, 0.4) is 0 Å². The van der Waals surface area contributed by atoms with Crippen molar-refractivity contribution in [3.05, 3.63) is 22.8 Å². The Labute approximate surface area is 129 Å². The van der Waals surface area contributed by atoms with Gasteiger partial charge in [0.2, 0.25) is 0 Å². The van der Waals surface area contributed by atoms with Gasteiger partial charge in [-0.05, 0) is 65.6 Å². The fourth-order valence-electron chi connectivity index (χ4n) is 2.50. The number of aromatic nitrogens is 2. The van der Waals surface area contributed by atoms with Gasteiger partial charge < -0.3 is 10.1 Å². The van der Waals surface area contributed by atoms with Crippen LogP contribution in [-0.4, -0.2) is 29.7 Å². The van der Waals surface area contributed by atoms with Crippen LogP contribution in [0.5, 0.6) is 0 Å². The summed E-state index contributed by atoms with van der Waals surface area (Å²) in [5.74, 6) is 0.812. The molecule has 120 valence electrons. The van der Waals surface area contributed by atoms with Crippen molar-refractivity contribution < 1.29 is 4.74 Å². The lowest BCUT2D eigenvalue weighted by Crippen LogP contribution is -2.29. The molecule has 4 nitrogen and oxygen atoms in total. The molecule has 0 saturated carbocycles. The number of nitrogens with zero attached hydrogens (tertiary/aromatic N) is 2. The minimum Gasteiger partial charge on any atom is -0.368 e. The molecule has 0 spiro atoms. The molecule has 1 rings (SSSR count). The largest absolute Gasteiger partial charge is 0.368 e. The molecule has 0 aliphatic carbocycles. The molecule has 4 heteroatoms. The highest BCUT2D eigenvalue weighted by Gasteiger charge is 2.29. The fourth-order valence-corrected chi connectivity index (χ4v) is 2.50. The van der Waals surface area contributed by atoms with Gasteiger partial charge in [0.15, 0.2) is 5.82 Å². The Bertz CT molecular complexity index is 425. The molecule has 0 bridgehead atoms. The summed E-state index contributed by atoms with van der Waals surface area (Å²) in [6.45, 7) is 15.3. The summed E-state index contributed by atoms with van der Waals surface area (Å²) in [7, 11) is 0. The van der Waals surface area contributed by atoms with Gasteiger partial charge in [0, 0.05) is 18.0 Å². The molecule has 0 saturated heterocycles. The molecule has 1 N–H and O–H groups in total. The minimum absolute atomic E-state index is 0.386. The van der Waals surface area contributed by atoms with Gasteiger partial charge in [-0.15, -0.1) is 0 Å². The zero-order valence-electron chi connectivity index (χ0n) is 14.5. The predicted molar refractivity (Wildman–Crippen MR) is 87.6 cm³/mol. The summed E-state index contributed by atoms with van der Waals surface area (Å²) in [5, 5.41) is 3.43. The SMILES string of the molecule is CCCNCCc1c(C)nc(C(C)(CC)OCC)nc1C. The lowest BCUT2D eigenvalue weighted by Gasteiger charge is -2.27. The average Bonchev–Trinajstić information content (AvgIpc) is 2.45. The highest BCUT2D eigenvalue weighted by atomic mass is 16.5. The number of ether oxygens (including phenoxy) is 1. The Balaban J connectivity index is 2.93. The van der Waals surface area contributed by atoms with Crippen molar-refractivity contribution in [1.82, 2.24) is 15.3 Å². The lowest BCUT2D eigenvalue weighted by atomic mass is 10.0. The van der Waals surface area contributed by atoms with E-state index in [9.17, 15) is 0 Å². The van der Waals surface area contributed by atoms with Crippen LogP contribution in [0.15, 0.2) is 0 Å². The summed E-state index contributed by atoms with van der Waals surface area (Å²) < 4.78 is 5.89. The van der Waals surface area contributed by atoms with Crippen LogP contribution < -0.4 is 5.32 Å². The summed E-state index contributed by atoms with van der Waals surface area (Å²) in [6, 6.07) is 0. The first-order valence-electron chi connectivity index (χ1n) is 8.17. The first-order chi connectivity index (χ1) is 9.98. The Morgan fingerprint density at radius 3 is 2.14 bits per heavy atom. The molecular weight excluding hydrogens is 262 g/mol. The van der Waals surface area contributed by atoms with Gasteiger partial charge >= 0.3 is 0 Å². The van der Waals surface area contributed by atoms with Crippen LogP contribution in [-0.2, 0) is 16.8 Å². The molecule has 1 unspecified atom stereocenters. The Morgan fingerprint density at radius 2 is 1.67 bits per heavy atom. The molecule has 1 atom stereocenters. The molecule has 1 aromatic heterocycles. The predicted octanol–water partition coefficient (Wildman–Crippen LogP) is 3.30. The number of nitrogens with one attached hydrogen (secondary N) is 1. The standard InChI is InChI=1S/C17H31N3O/c1-7-11-18-12-10-15-13(4)19-16(20-14(15)5)17(6,8-2)21-9-3/h18H,7-12H2,1-6H3. The molecule has 0 fully saturated rings. The van der Waals surface area contributed by atoms with Gasteiger partial charge in [0.25, 0.3) is 0 Å². The smallest absolute Gasteiger partial charge is 0.160 e. The van der Waals surface area contributed by atoms with E-state index in [1.807, 2.05) is 6.92 Å². The van der Waals surface area contributed by atoms with Crippen LogP contribution >= 0.6 is 0 Å². The van der Waals surface area contributed by atoms with Crippen molar-refractivity contribution in [2.24, 2.45) is 0 Å². The third-order valence-corrected chi connectivity index (χ3v) is 4.01. The quantitative estimate of drug-likeness (QED) is 0.710. The maximum absolute atomic E-state index is 5.89. The highest BCUT2D eigenvalue weighted by Crippen LogP contribution is 2.27. The molecule has 0 aliphatic rings. The molecule has 0 aromatic carbocycles. The summed E-state index contributed by atoms with van der Waals surface area (Å²) in [4.78, 5) is 9.46. The second-order valence-electron chi connectivity index (χ2n) is 5.71. The first-order valence-corrected chi connectivity index (χ1v) is 8.17. The van der Waals surface area contributed by atoms with Crippen LogP contribution in [0.4, 0.5) is 0 Å². The third-order valence-electron chi connectivity index (χ3n) is 4.01. The van der Waals surface area contributed by atoms with Crippen molar-refractivity contribution >= 4 is 0 Å². The topological polar surface area (TPSA) is 47.0 Å². The van der Waals surface area contributed by atoms with E-state index in [2.05, 4.69) is 39.9 Å².